The summed E-state index contributed by atoms with van der Waals surface area (Å²) in [5.41, 5.74) is 6.72. The highest BCUT2D eigenvalue weighted by atomic mass is 16.5. The molecule has 2 aromatic heterocycles. The van der Waals surface area contributed by atoms with Gasteiger partial charge in [-0.2, -0.15) is 0 Å². The number of fused-ring (bicyclic) bond motifs is 1. The first-order valence-corrected chi connectivity index (χ1v) is 14.4. The van der Waals surface area contributed by atoms with E-state index in [1.807, 2.05) is 12.1 Å². The zero-order valence-electron chi connectivity index (χ0n) is 23.0. The predicted molar refractivity (Wildman–Crippen MR) is 156 cm³/mol. The summed E-state index contributed by atoms with van der Waals surface area (Å²) >= 11 is 0. The summed E-state index contributed by atoms with van der Waals surface area (Å²) in [5.74, 6) is 0.288. The first-order valence-electron chi connectivity index (χ1n) is 14.4. The van der Waals surface area contributed by atoms with E-state index in [0.29, 0.717) is 18.0 Å². The van der Waals surface area contributed by atoms with Crippen LogP contribution in [0.15, 0.2) is 73.1 Å². The highest BCUT2D eigenvalue weighted by molar-refractivity contribution is 5.96. The largest absolute Gasteiger partial charge is 0.388 e. The monoisotopic (exact) mass is 538 g/mol. The standard InChI is InChI=1S/C33H38N4O3/c38-24-32(39)29-7-5-27(6-8-29)23-37-14-11-30-19-31(20-34-33(30)37)28-9-12-35(13-10-28)21-25-1-3-26(4-2-25)22-36-15-17-40-18-16-36/h1-8,11,14,19-20,28,38H,9-10,12-13,15-18,21-24H2. The molecule has 4 heterocycles. The average molecular weight is 539 g/mol. The van der Waals surface area contributed by atoms with Crippen LogP contribution in [0.4, 0.5) is 0 Å². The fourth-order valence-corrected chi connectivity index (χ4v) is 5.98. The van der Waals surface area contributed by atoms with Crippen molar-refractivity contribution in [2.45, 2.75) is 38.4 Å². The van der Waals surface area contributed by atoms with Crippen LogP contribution in [0, 0.1) is 0 Å². The lowest BCUT2D eigenvalue weighted by Crippen LogP contribution is -2.35. The molecule has 7 heteroatoms. The van der Waals surface area contributed by atoms with Crippen LogP contribution in [0.25, 0.3) is 11.0 Å². The number of piperidine rings is 1. The van der Waals surface area contributed by atoms with E-state index in [-0.39, 0.29) is 5.78 Å². The Morgan fingerprint density at radius 2 is 1.43 bits per heavy atom. The van der Waals surface area contributed by atoms with Crippen molar-refractivity contribution in [3.63, 3.8) is 0 Å². The molecule has 0 radical (unpaired) electrons. The number of nitrogens with zero attached hydrogens (tertiary/aromatic N) is 4. The second-order valence-corrected chi connectivity index (χ2v) is 11.2. The second-order valence-electron chi connectivity index (χ2n) is 11.2. The quantitative estimate of drug-likeness (QED) is 0.317. The summed E-state index contributed by atoms with van der Waals surface area (Å²) in [6.07, 6.45) is 6.46. The van der Waals surface area contributed by atoms with Gasteiger partial charge in [0.25, 0.3) is 0 Å². The second kappa shape index (κ2) is 12.4. The van der Waals surface area contributed by atoms with Crippen LogP contribution < -0.4 is 0 Å². The minimum atomic E-state index is -0.462. The fourth-order valence-electron chi connectivity index (χ4n) is 5.98. The molecule has 208 valence electrons. The summed E-state index contributed by atoms with van der Waals surface area (Å²) in [7, 11) is 0. The molecule has 0 unspecified atom stereocenters. The number of ether oxygens (including phenoxy) is 1. The van der Waals surface area contributed by atoms with Crippen molar-refractivity contribution in [2.75, 3.05) is 46.0 Å². The topological polar surface area (TPSA) is 70.8 Å². The minimum absolute atomic E-state index is 0.258. The van der Waals surface area contributed by atoms with Gasteiger partial charge in [-0.1, -0.05) is 48.5 Å². The molecule has 7 nitrogen and oxygen atoms in total. The maximum atomic E-state index is 11.7. The van der Waals surface area contributed by atoms with E-state index < -0.39 is 6.61 Å². The van der Waals surface area contributed by atoms with Gasteiger partial charge >= 0.3 is 0 Å². The molecule has 40 heavy (non-hydrogen) atoms. The number of carbonyl (C=O) groups is 1. The molecule has 0 bridgehead atoms. The Morgan fingerprint density at radius 1 is 0.825 bits per heavy atom. The first-order chi connectivity index (χ1) is 19.6. The van der Waals surface area contributed by atoms with Gasteiger partial charge in [0.2, 0.25) is 0 Å². The number of aliphatic hydroxyl groups excluding tert-OH is 1. The number of likely N-dealkylation sites (tertiary alicyclic amines) is 1. The van der Waals surface area contributed by atoms with E-state index in [0.717, 1.165) is 76.5 Å². The van der Waals surface area contributed by atoms with E-state index in [4.69, 9.17) is 14.8 Å². The average Bonchev–Trinajstić information content (AvgIpc) is 3.41. The highest BCUT2D eigenvalue weighted by Gasteiger charge is 2.22. The van der Waals surface area contributed by atoms with Gasteiger partial charge in [-0.3, -0.25) is 14.6 Å². The molecule has 0 amide bonds. The molecule has 2 aliphatic rings. The molecule has 2 aromatic carbocycles. The number of hydrogen-bond acceptors (Lipinski definition) is 6. The van der Waals surface area contributed by atoms with Crippen molar-refractivity contribution >= 4 is 16.8 Å². The molecule has 0 aliphatic carbocycles. The van der Waals surface area contributed by atoms with Crippen LogP contribution in [0.2, 0.25) is 0 Å². The molecule has 2 aliphatic heterocycles. The molecule has 2 fully saturated rings. The Hall–Kier alpha value is -3.36. The smallest absolute Gasteiger partial charge is 0.188 e. The Kier molecular flexibility index (Phi) is 8.35. The van der Waals surface area contributed by atoms with Crippen LogP contribution in [0.3, 0.4) is 0 Å². The number of aromatic nitrogens is 2. The van der Waals surface area contributed by atoms with Crippen molar-refractivity contribution in [1.29, 1.82) is 0 Å². The lowest BCUT2D eigenvalue weighted by molar-refractivity contribution is 0.0342. The van der Waals surface area contributed by atoms with E-state index >= 15 is 0 Å². The molecule has 0 saturated carbocycles. The summed E-state index contributed by atoms with van der Waals surface area (Å²) in [4.78, 5) is 21.6. The molecular weight excluding hydrogens is 500 g/mol. The van der Waals surface area contributed by atoms with Gasteiger partial charge in [-0.05, 0) is 66.2 Å². The van der Waals surface area contributed by atoms with Gasteiger partial charge in [0.05, 0.1) is 13.2 Å². The SMILES string of the molecule is O=C(CO)c1ccc(Cn2ccc3cc(C4CCN(Cc5ccc(CN6CCOCC6)cc5)CC4)cnc32)cc1. The van der Waals surface area contributed by atoms with Crippen molar-refractivity contribution in [1.82, 2.24) is 19.4 Å². The van der Waals surface area contributed by atoms with Crippen LogP contribution >= 0.6 is 0 Å². The lowest BCUT2D eigenvalue weighted by atomic mass is 9.90. The van der Waals surface area contributed by atoms with Gasteiger partial charge in [0, 0.05) is 56.1 Å². The zero-order valence-corrected chi connectivity index (χ0v) is 23.0. The normalized spacial score (nSPS) is 17.4. The Bertz CT molecular complexity index is 1420. The van der Waals surface area contributed by atoms with Crippen molar-refractivity contribution in [3.8, 4) is 0 Å². The number of aliphatic hydroxyl groups is 1. The molecule has 6 rings (SSSR count). The number of carbonyl (C=O) groups excluding carboxylic acids is 1. The number of rotatable bonds is 9. The maximum Gasteiger partial charge on any atom is 0.188 e. The predicted octanol–water partition coefficient (Wildman–Crippen LogP) is 4.47. The Morgan fingerprint density at radius 3 is 2.08 bits per heavy atom. The van der Waals surface area contributed by atoms with E-state index in [1.165, 1.54) is 22.1 Å². The summed E-state index contributed by atoms with van der Waals surface area (Å²) in [6, 6.07) is 21.1. The molecule has 1 N–H and O–H groups in total. The Balaban J connectivity index is 1.02. The third kappa shape index (κ3) is 6.34. The molecule has 0 spiro atoms. The number of hydrogen-bond donors (Lipinski definition) is 1. The van der Waals surface area contributed by atoms with Crippen molar-refractivity contribution in [2.24, 2.45) is 0 Å². The minimum Gasteiger partial charge on any atom is -0.388 e. The number of benzene rings is 2. The van der Waals surface area contributed by atoms with E-state index in [1.54, 1.807) is 12.1 Å². The molecule has 2 saturated heterocycles. The van der Waals surface area contributed by atoms with Crippen LogP contribution in [-0.2, 0) is 24.4 Å². The van der Waals surface area contributed by atoms with Crippen LogP contribution in [-0.4, -0.2) is 76.2 Å². The van der Waals surface area contributed by atoms with Gasteiger partial charge in [-0.25, -0.2) is 4.98 Å². The Labute approximate surface area is 236 Å². The van der Waals surface area contributed by atoms with Gasteiger partial charge in [0.15, 0.2) is 5.78 Å². The van der Waals surface area contributed by atoms with Gasteiger partial charge in [-0.15, -0.1) is 0 Å². The lowest BCUT2D eigenvalue weighted by Gasteiger charge is -2.32. The van der Waals surface area contributed by atoms with E-state index in [2.05, 4.69) is 63.2 Å². The number of morpholine rings is 1. The molecular formula is C33H38N4O3. The summed E-state index contributed by atoms with van der Waals surface area (Å²) in [5, 5.41) is 10.2. The number of Topliss-reactive ketones (excluding diaryl/α,β-unsaturated/α-hetero) is 1. The first kappa shape index (κ1) is 26.8. The van der Waals surface area contributed by atoms with Crippen LogP contribution in [0.1, 0.15) is 51.4 Å². The molecule has 0 atom stereocenters. The van der Waals surface area contributed by atoms with Gasteiger partial charge in [0.1, 0.15) is 12.3 Å². The van der Waals surface area contributed by atoms with Gasteiger partial charge < -0.3 is 14.4 Å². The summed E-state index contributed by atoms with van der Waals surface area (Å²) in [6.45, 7) is 8.20. The molecule has 4 aromatic rings. The van der Waals surface area contributed by atoms with Crippen LogP contribution in [0.5, 0.6) is 0 Å². The van der Waals surface area contributed by atoms with Crippen molar-refractivity contribution in [3.05, 3.63) is 101 Å². The van der Waals surface area contributed by atoms with E-state index in [9.17, 15) is 4.79 Å². The number of ketones is 1. The third-order valence-corrected chi connectivity index (χ3v) is 8.39. The highest BCUT2D eigenvalue weighted by Crippen LogP contribution is 2.30. The fraction of sp³-hybridized carbons (Fsp3) is 0.394. The third-order valence-electron chi connectivity index (χ3n) is 8.39. The number of pyridine rings is 1. The maximum absolute atomic E-state index is 11.7. The van der Waals surface area contributed by atoms with Crippen molar-refractivity contribution < 1.29 is 14.6 Å². The zero-order chi connectivity index (χ0) is 27.3. The summed E-state index contributed by atoms with van der Waals surface area (Å²) < 4.78 is 7.61.